The molecule has 0 amide bonds. The maximum Gasteiger partial charge on any atom is 0.345 e. The van der Waals surface area contributed by atoms with Gasteiger partial charge in [-0.15, -0.1) is 0 Å². The highest BCUT2D eigenvalue weighted by molar-refractivity contribution is 5.90. The van der Waals surface area contributed by atoms with E-state index in [2.05, 4.69) is 46.5 Å². The molecular weight excluding hydrogens is 470 g/mol. The molecule has 0 bridgehead atoms. The fourth-order valence-electron chi connectivity index (χ4n) is 5.68. The fourth-order valence-corrected chi connectivity index (χ4v) is 5.68. The van der Waals surface area contributed by atoms with Gasteiger partial charge in [0.2, 0.25) is 0 Å². The van der Waals surface area contributed by atoms with Gasteiger partial charge in [0.05, 0.1) is 5.56 Å². The molecule has 1 aromatic carbocycles. The molecule has 2 heterocycles. The van der Waals surface area contributed by atoms with Gasteiger partial charge >= 0.3 is 5.97 Å². The number of benzene rings is 1. The number of nitrogens with zero attached hydrogens (tertiary/aromatic N) is 1. The molecule has 3 unspecified atom stereocenters. The van der Waals surface area contributed by atoms with Crippen LogP contribution in [0, 0.1) is 31.6 Å². The van der Waals surface area contributed by atoms with Crippen molar-refractivity contribution < 1.29 is 14.3 Å². The van der Waals surface area contributed by atoms with Gasteiger partial charge in [-0.1, -0.05) is 72.6 Å². The Balaban J connectivity index is 1.47. The molecule has 3 rings (SSSR count). The third-order valence-electron chi connectivity index (χ3n) is 8.52. The topological polar surface area (TPSA) is 48.4 Å². The molecule has 4 nitrogen and oxygen atoms in total. The zero-order valence-electron chi connectivity index (χ0n) is 25.1. The number of hydrogen-bond donors (Lipinski definition) is 0. The number of rotatable bonds is 14. The van der Waals surface area contributed by atoms with E-state index >= 15 is 0 Å². The summed E-state index contributed by atoms with van der Waals surface area (Å²) in [4.78, 5) is 16.6. The summed E-state index contributed by atoms with van der Waals surface area (Å²) >= 11 is 0. The number of aromatic nitrogens is 1. The second-order valence-corrected chi connectivity index (χ2v) is 12.7. The van der Waals surface area contributed by atoms with Gasteiger partial charge in [-0.3, -0.25) is 4.98 Å². The number of ether oxygens (including phenoxy) is 2. The van der Waals surface area contributed by atoms with Crippen LogP contribution in [0.15, 0.2) is 30.6 Å². The largest absolute Gasteiger partial charge is 0.487 e. The highest BCUT2D eigenvalue weighted by atomic mass is 16.5. The monoisotopic (exact) mass is 521 g/mol. The predicted octanol–water partition coefficient (Wildman–Crippen LogP) is 9.44. The molecular formula is C34H51NO3. The Morgan fingerprint density at radius 3 is 2.29 bits per heavy atom. The number of hydrogen-bond acceptors (Lipinski definition) is 4. The zero-order valence-corrected chi connectivity index (χ0v) is 25.1. The normalized spacial score (nSPS) is 18.5. The van der Waals surface area contributed by atoms with Gasteiger partial charge in [-0.2, -0.15) is 0 Å². The van der Waals surface area contributed by atoms with Gasteiger partial charge in [-0.25, -0.2) is 4.79 Å². The highest BCUT2D eigenvalue weighted by Gasteiger charge is 2.33. The van der Waals surface area contributed by atoms with Gasteiger partial charge < -0.3 is 9.47 Å². The molecule has 0 saturated heterocycles. The molecule has 0 spiro atoms. The van der Waals surface area contributed by atoms with Gasteiger partial charge in [0.15, 0.2) is 0 Å². The van der Waals surface area contributed by atoms with E-state index in [4.69, 9.17) is 9.47 Å². The summed E-state index contributed by atoms with van der Waals surface area (Å²) < 4.78 is 12.4. The Labute approximate surface area is 231 Å². The Morgan fingerprint density at radius 2 is 1.66 bits per heavy atom. The SMILES string of the molecule is Cc1c(OC(=O)c2cccnc2)cc2c(c1C)OC(C)(CCCC(C)CCCC(C)CCCC(C)C)CC2. The highest BCUT2D eigenvalue weighted by Crippen LogP contribution is 2.42. The second kappa shape index (κ2) is 14.1. The summed E-state index contributed by atoms with van der Waals surface area (Å²) in [5.74, 6) is 3.69. The first kappa shape index (κ1) is 30.2. The predicted molar refractivity (Wildman–Crippen MR) is 157 cm³/mol. The van der Waals surface area contributed by atoms with E-state index in [-0.39, 0.29) is 11.6 Å². The van der Waals surface area contributed by atoms with Gasteiger partial charge in [0.1, 0.15) is 17.1 Å². The van der Waals surface area contributed by atoms with E-state index in [1.165, 1.54) is 57.6 Å². The Bertz CT molecular complexity index is 1030. The van der Waals surface area contributed by atoms with E-state index in [9.17, 15) is 4.79 Å². The molecule has 1 aliphatic heterocycles. The first-order valence-electron chi connectivity index (χ1n) is 15.0. The van der Waals surface area contributed by atoms with Gasteiger partial charge in [0.25, 0.3) is 0 Å². The molecule has 0 fully saturated rings. The second-order valence-electron chi connectivity index (χ2n) is 12.7. The minimum Gasteiger partial charge on any atom is -0.487 e. The zero-order chi connectivity index (χ0) is 27.7. The Hall–Kier alpha value is -2.36. The smallest absolute Gasteiger partial charge is 0.345 e. The quantitative estimate of drug-likeness (QED) is 0.183. The van der Waals surface area contributed by atoms with Crippen LogP contribution in [0.2, 0.25) is 0 Å². The number of carbonyl (C=O) groups excluding carboxylic acids is 1. The van der Waals surface area contributed by atoms with Crippen molar-refractivity contribution in [2.45, 2.75) is 125 Å². The van der Waals surface area contributed by atoms with Crippen LogP contribution in [0.4, 0.5) is 0 Å². The lowest BCUT2D eigenvalue weighted by Gasteiger charge is -2.37. The van der Waals surface area contributed by atoms with Crippen molar-refractivity contribution in [1.29, 1.82) is 0 Å². The number of esters is 1. The summed E-state index contributed by atoms with van der Waals surface area (Å²) in [5, 5.41) is 0. The molecule has 0 aliphatic carbocycles. The molecule has 1 aromatic heterocycles. The molecule has 38 heavy (non-hydrogen) atoms. The van der Waals surface area contributed by atoms with Crippen LogP contribution in [-0.4, -0.2) is 16.6 Å². The molecule has 0 radical (unpaired) electrons. The maximum absolute atomic E-state index is 12.6. The first-order valence-corrected chi connectivity index (χ1v) is 15.0. The molecule has 1 aliphatic rings. The minimum atomic E-state index is -0.378. The van der Waals surface area contributed by atoms with Crippen molar-refractivity contribution in [3.8, 4) is 11.5 Å². The molecule has 2 aromatic rings. The summed E-state index contributed by atoms with van der Waals surface area (Å²) in [6.07, 6.45) is 16.9. The van der Waals surface area contributed by atoms with E-state index in [0.717, 1.165) is 59.5 Å². The number of pyridine rings is 1. The fraction of sp³-hybridized carbons (Fsp3) is 0.647. The molecule has 4 heteroatoms. The lowest BCUT2D eigenvalue weighted by molar-refractivity contribution is 0.0511. The van der Waals surface area contributed by atoms with Crippen molar-refractivity contribution in [3.05, 3.63) is 52.8 Å². The van der Waals surface area contributed by atoms with Crippen LogP contribution in [0.5, 0.6) is 11.5 Å². The number of carbonyl (C=O) groups is 1. The molecule has 0 saturated carbocycles. The van der Waals surface area contributed by atoms with Crippen LogP contribution < -0.4 is 9.47 Å². The maximum atomic E-state index is 12.6. The Kier molecular flexibility index (Phi) is 11.2. The summed E-state index contributed by atoms with van der Waals surface area (Å²) in [5.41, 5.74) is 3.48. The standard InChI is InChI=1S/C34H51NO3/c1-24(2)12-8-13-25(3)14-9-15-26(4)16-10-19-34(7)20-18-29-22-31(27(5)28(6)32(29)38-34)37-33(36)30-17-11-21-35-23-30/h11,17,21-26H,8-10,12-16,18-20H2,1-7H3. The first-order chi connectivity index (χ1) is 18.1. The van der Waals surface area contributed by atoms with E-state index in [1.807, 2.05) is 13.0 Å². The molecule has 0 N–H and O–H groups in total. The van der Waals surface area contributed by atoms with Crippen molar-refractivity contribution in [1.82, 2.24) is 4.98 Å². The van der Waals surface area contributed by atoms with Crippen LogP contribution in [0.3, 0.4) is 0 Å². The van der Waals surface area contributed by atoms with Crippen molar-refractivity contribution in [2.75, 3.05) is 0 Å². The average Bonchev–Trinajstić information content (AvgIpc) is 2.88. The molecule has 3 atom stereocenters. The van der Waals surface area contributed by atoms with Crippen LogP contribution in [-0.2, 0) is 6.42 Å². The minimum absolute atomic E-state index is 0.136. The number of fused-ring (bicyclic) bond motifs is 1. The van der Waals surface area contributed by atoms with Gasteiger partial charge in [-0.05, 0) is 99.1 Å². The van der Waals surface area contributed by atoms with E-state index in [1.54, 1.807) is 18.3 Å². The van der Waals surface area contributed by atoms with Crippen LogP contribution in [0.1, 0.15) is 126 Å². The van der Waals surface area contributed by atoms with Crippen LogP contribution >= 0.6 is 0 Å². The van der Waals surface area contributed by atoms with Crippen LogP contribution in [0.25, 0.3) is 0 Å². The third-order valence-corrected chi connectivity index (χ3v) is 8.52. The van der Waals surface area contributed by atoms with E-state index < -0.39 is 0 Å². The van der Waals surface area contributed by atoms with Crippen molar-refractivity contribution in [3.63, 3.8) is 0 Å². The third kappa shape index (κ3) is 8.85. The summed E-state index contributed by atoms with van der Waals surface area (Å²) in [6, 6.07) is 5.46. The Morgan fingerprint density at radius 1 is 1.00 bits per heavy atom. The van der Waals surface area contributed by atoms with Crippen molar-refractivity contribution in [2.24, 2.45) is 17.8 Å². The van der Waals surface area contributed by atoms with E-state index in [0.29, 0.717) is 11.3 Å². The van der Waals surface area contributed by atoms with Crippen molar-refractivity contribution >= 4 is 5.97 Å². The van der Waals surface area contributed by atoms with Gasteiger partial charge in [0, 0.05) is 12.4 Å². The summed E-state index contributed by atoms with van der Waals surface area (Å²) in [7, 11) is 0. The summed E-state index contributed by atoms with van der Waals surface area (Å²) in [6.45, 7) is 15.9. The molecule has 210 valence electrons. The number of aryl methyl sites for hydroxylation is 1. The lowest BCUT2D eigenvalue weighted by Crippen LogP contribution is -2.36. The lowest BCUT2D eigenvalue weighted by atomic mass is 9.85. The average molecular weight is 522 g/mol.